The SMILES string of the molecule is O=C(CCCCCCN(c1ccc(-c2cccc(C(F)(F)F)c2)cc1)S(=O)(=O)C1=CCCS1)NO. The molecule has 1 heterocycles. The quantitative estimate of drug-likeness (QED) is 0.214. The number of sulfonamides is 1. The summed E-state index contributed by atoms with van der Waals surface area (Å²) in [5, 5.41) is 8.54. The molecule has 0 aliphatic carbocycles. The van der Waals surface area contributed by atoms with Crippen LogP contribution in [0.3, 0.4) is 0 Å². The number of nitrogens with zero attached hydrogens (tertiary/aromatic N) is 1. The number of halogens is 3. The molecule has 0 saturated heterocycles. The monoisotopic (exact) mass is 528 g/mol. The molecule has 3 rings (SSSR count). The van der Waals surface area contributed by atoms with E-state index in [2.05, 4.69) is 0 Å². The Hall–Kier alpha value is -2.50. The van der Waals surface area contributed by atoms with Crippen LogP contribution in [0.5, 0.6) is 0 Å². The van der Waals surface area contributed by atoms with Crippen LogP contribution in [0.15, 0.2) is 58.8 Å². The van der Waals surface area contributed by atoms with Gasteiger partial charge in [-0.05, 0) is 54.7 Å². The van der Waals surface area contributed by atoms with Crippen LogP contribution in [0.1, 0.15) is 44.1 Å². The van der Waals surface area contributed by atoms with E-state index in [1.807, 2.05) is 0 Å². The maximum Gasteiger partial charge on any atom is 0.416 e. The summed E-state index contributed by atoms with van der Waals surface area (Å²) in [6.07, 6.45) is 0.659. The summed E-state index contributed by atoms with van der Waals surface area (Å²) in [5.41, 5.74) is 2.22. The van der Waals surface area contributed by atoms with Gasteiger partial charge in [0.25, 0.3) is 10.0 Å². The number of rotatable bonds is 11. The number of unbranched alkanes of at least 4 members (excludes halogenated alkanes) is 3. The van der Waals surface area contributed by atoms with E-state index in [-0.39, 0.29) is 13.0 Å². The average molecular weight is 529 g/mol. The number of hydrogen-bond acceptors (Lipinski definition) is 5. The molecule has 1 aliphatic rings. The van der Waals surface area contributed by atoms with Crippen molar-refractivity contribution in [3.05, 3.63) is 64.4 Å². The van der Waals surface area contributed by atoms with E-state index in [9.17, 15) is 26.4 Å². The maximum absolute atomic E-state index is 13.3. The third kappa shape index (κ3) is 7.25. The van der Waals surface area contributed by atoms with Crippen molar-refractivity contribution >= 4 is 33.4 Å². The normalized spacial score (nSPS) is 14.0. The van der Waals surface area contributed by atoms with Crippen molar-refractivity contribution in [3.63, 3.8) is 0 Å². The van der Waals surface area contributed by atoms with Crippen molar-refractivity contribution in [2.75, 3.05) is 16.6 Å². The minimum Gasteiger partial charge on any atom is -0.289 e. The van der Waals surface area contributed by atoms with Gasteiger partial charge in [-0.2, -0.15) is 13.2 Å². The van der Waals surface area contributed by atoms with Gasteiger partial charge >= 0.3 is 6.18 Å². The van der Waals surface area contributed by atoms with Crippen molar-refractivity contribution in [2.45, 2.75) is 44.7 Å². The predicted octanol–water partition coefficient (Wildman–Crippen LogP) is 5.94. The zero-order valence-corrected chi connectivity index (χ0v) is 20.6. The number of carbonyl (C=O) groups excluding carboxylic acids is 1. The zero-order valence-electron chi connectivity index (χ0n) is 18.9. The maximum atomic E-state index is 13.3. The van der Waals surface area contributed by atoms with Gasteiger partial charge in [-0.15, -0.1) is 11.8 Å². The lowest BCUT2D eigenvalue weighted by molar-refractivity contribution is -0.137. The number of alkyl halides is 3. The highest BCUT2D eigenvalue weighted by Crippen LogP contribution is 2.36. The second kappa shape index (κ2) is 12.0. The van der Waals surface area contributed by atoms with E-state index in [4.69, 9.17) is 5.21 Å². The number of thioether (sulfide) groups is 1. The number of allylic oxidation sites excluding steroid dienone is 1. The van der Waals surface area contributed by atoms with E-state index < -0.39 is 27.7 Å². The van der Waals surface area contributed by atoms with E-state index in [1.54, 1.807) is 41.9 Å². The van der Waals surface area contributed by atoms with Crippen LogP contribution in [0, 0.1) is 0 Å². The summed E-state index contributed by atoms with van der Waals surface area (Å²) in [6, 6.07) is 11.5. The molecule has 0 aromatic heterocycles. The van der Waals surface area contributed by atoms with Gasteiger partial charge in [0, 0.05) is 18.7 Å². The largest absolute Gasteiger partial charge is 0.416 e. The molecular weight excluding hydrogens is 501 g/mol. The number of anilines is 1. The summed E-state index contributed by atoms with van der Waals surface area (Å²) in [5.74, 6) is 0.240. The number of amides is 1. The Balaban J connectivity index is 1.77. The molecule has 0 fully saturated rings. The molecule has 2 aromatic rings. The average Bonchev–Trinajstić information content (AvgIpc) is 3.39. The molecule has 1 aliphatic heterocycles. The molecule has 2 N–H and O–H groups in total. The van der Waals surface area contributed by atoms with Gasteiger partial charge < -0.3 is 0 Å². The topological polar surface area (TPSA) is 86.7 Å². The number of nitrogens with one attached hydrogen (secondary N) is 1. The Labute approximate surface area is 207 Å². The number of carbonyl (C=O) groups is 1. The van der Waals surface area contributed by atoms with Gasteiger partial charge in [0.05, 0.1) is 11.3 Å². The first-order valence-corrected chi connectivity index (χ1v) is 13.6. The first-order valence-electron chi connectivity index (χ1n) is 11.2. The van der Waals surface area contributed by atoms with Crippen LogP contribution in [0.4, 0.5) is 18.9 Å². The molecule has 35 heavy (non-hydrogen) atoms. The Morgan fingerprint density at radius 3 is 2.37 bits per heavy atom. The lowest BCUT2D eigenvalue weighted by Gasteiger charge is -2.25. The van der Waals surface area contributed by atoms with Crippen LogP contribution in [-0.4, -0.2) is 31.8 Å². The van der Waals surface area contributed by atoms with Gasteiger partial charge in [-0.3, -0.25) is 14.3 Å². The van der Waals surface area contributed by atoms with Crippen molar-refractivity contribution in [1.82, 2.24) is 5.48 Å². The lowest BCUT2D eigenvalue weighted by Crippen LogP contribution is -2.32. The first-order chi connectivity index (χ1) is 16.6. The second-order valence-electron chi connectivity index (χ2n) is 8.06. The fourth-order valence-corrected chi connectivity index (χ4v) is 6.82. The molecule has 190 valence electrons. The van der Waals surface area contributed by atoms with Crippen LogP contribution >= 0.6 is 11.8 Å². The van der Waals surface area contributed by atoms with Crippen molar-refractivity contribution < 1.29 is 31.6 Å². The standard InChI is InChI=1S/C24H27F3N2O4S2/c25-24(26,27)20-8-5-7-19(17-20)18-11-13-21(14-12-18)29(35(32,33)23-10-6-16-34-23)15-4-2-1-3-9-22(30)28-31/h5,7-8,10-14,17,31H,1-4,6,9,15-16H2,(H,28,30). The molecule has 1 amide bonds. The Morgan fingerprint density at radius 2 is 1.74 bits per heavy atom. The van der Waals surface area contributed by atoms with E-state index in [0.717, 1.165) is 12.1 Å². The molecule has 11 heteroatoms. The van der Waals surface area contributed by atoms with Gasteiger partial charge in [-0.1, -0.05) is 43.2 Å². The fraction of sp³-hybridized carbons (Fsp3) is 0.375. The van der Waals surface area contributed by atoms with Gasteiger partial charge in [0.15, 0.2) is 0 Å². The molecule has 6 nitrogen and oxygen atoms in total. The third-order valence-electron chi connectivity index (χ3n) is 5.54. The van der Waals surface area contributed by atoms with Crippen molar-refractivity contribution in [3.8, 4) is 11.1 Å². The first kappa shape index (κ1) is 27.1. The minimum absolute atomic E-state index is 0.193. The summed E-state index contributed by atoms with van der Waals surface area (Å²) >= 11 is 1.29. The summed E-state index contributed by atoms with van der Waals surface area (Å²) in [6.45, 7) is 0.231. The minimum atomic E-state index is -4.45. The molecule has 2 aromatic carbocycles. The zero-order chi connectivity index (χ0) is 25.5. The third-order valence-corrected chi connectivity index (χ3v) is 9.06. The fourth-order valence-electron chi connectivity index (χ4n) is 3.72. The molecule has 0 bridgehead atoms. The Kier molecular flexibility index (Phi) is 9.26. The van der Waals surface area contributed by atoms with Gasteiger partial charge in [0.1, 0.15) is 4.24 Å². The number of hydroxylamine groups is 1. The van der Waals surface area contributed by atoms with Crippen LogP contribution in [-0.2, 0) is 21.0 Å². The Morgan fingerprint density at radius 1 is 1.03 bits per heavy atom. The van der Waals surface area contributed by atoms with Crippen LogP contribution < -0.4 is 9.79 Å². The van der Waals surface area contributed by atoms with Crippen LogP contribution in [0.2, 0.25) is 0 Å². The Bertz CT molecular complexity index is 1150. The van der Waals surface area contributed by atoms with Crippen LogP contribution in [0.25, 0.3) is 11.1 Å². The van der Waals surface area contributed by atoms with Crippen molar-refractivity contribution in [1.29, 1.82) is 0 Å². The smallest absolute Gasteiger partial charge is 0.289 e. The molecule has 0 atom stereocenters. The van der Waals surface area contributed by atoms with E-state index >= 15 is 0 Å². The predicted molar refractivity (Wildman–Crippen MR) is 131 cm³/mol. The molecule has 0 radical (unpaired) electrons. The van der Waals surface area contributed by atoms with Gasteiger partial charge in [0.2, 0.25) is 5.91 Å². The highest BCUT2D eigenvalue weighted by atomic mass is 32.3. The van der Waals surface area contributed by atoms with E-state index in [0.29, 0.717) is 58.9 Å². The number of benzene rings is 2. The molecule has 0 unspecified atom stereocenters. The lowest BCUT2D eigenvalue weighted by atomic mass is 10.0. The second-order valence-corrected chi connectivity index (χ2v) is 11.3. The molecule has 0 saturated carbocycles. The number of hydrogen-bond donors (Lipinski definition) is 2. The van der Waals surface area contributed by atoms with Gasteiger partial charge in [-0.25, -0.2) is 13.9 Å². The molecular formula is C24H27F3N2O4S2. The summed E-state index contributed by atoms with van der Waals surface area (Å²) in [7, 11) is -3.76. The molecule has 0 spiro atoms. The summed E-state index contributed by atoms with van der Waals surface area (Å²) in [4.78, 5) is 11.1. The van der Waals surface area contributed by atoms with E-state index in [1.165, 1.54) is 22.1 Å². The highest BCUT2D eigenvalue weighted by molar-refractivity contribution is 8.19. The summed E-state index contributed by atoms with van der Waals surface area (Å²) < 4.78 is 67.5. The van der Waals surface area contributed by atoms with Crippen molar-refractivity contribution in [2.24, 2.45) is 0 Å². The highest BCUT2D eigenvalue weighted by Gasteiger charge is 2.31.